The van der Waals surface area contributed by atoms with Gasteiger partial charge in [0.05, 0.1) is 6.61 Å². The lowest BCUT2D eigenvalue weighted by atomic mass is 10.1. The van der Waals surface area contributed by atoms with E-state index in [9.17, 15) is 4.79 Å². The molecular weight excluding hydrogens is 306 g/mol. The quantitative estimate of drug-likeness (QED) is 0.909. The first-order valence-corrected chi connectivity index (χ1v) is 6.67. The molecule has 0 radical (unpaired) electrons. The van der Waals surface area contributed by atoms with E-state index in [4.69, 9.17) is 5.11 Å². The summed E-state index contributed by atoms with van der Waals surface area (Å²) in [4.78, 5) is 12.1. The number of benzene rings is 2. The number of hydrogen-bond acceptors (Lipinski definition) is 2. The van der Waals surface area contributed by atoms with E-state index in [0.717, 1.165) is 15.6 Å². The summed E-state index contributed by atoms with van der Waals surface area (Å²) in [5, 5.41) is 11.8. The Bertz CT molecular complexity index is 594. The summed E-state index contributed by atoms with van der Waals surface area (Å²) in [6.07, 6.45) is 0. The Morgan fingerprint density at radius 2 is 1.89 bits per heavy atom. The molecule has 19 heavy (non-hydrogen) atoms. The van der Waals surface area contributed by atoms with Crippen LogP contribution in [-0.2, 0) is 6.61 Å². The molecule has 4 heteroatoms. The largest absolute Gasteiger partial charge is 0.392 e. The number of nitrogens with one attached hydrogen (secondary N) is 1. The molecular formula is C15H14BrNO2. The summed E-state index contributed by atoms with van der Waals surface area (Å²) in [5.74, 6) is -0.155. The van der Waals surface area contributed by atoms with Crippen molar-refractivity contribution in [1.29, 1.82) is 0 Å². The zero-order chi connectivity index (χ0) is 13.8. The van der Waals surface area contributed by atoms with Gasteiger partial charge in [0.25, 0.3) is 5.91 Å². The number of anilines is 1. The van der Waals surface area contributed by atoms with Gasteiger partial charge < -0.3 is 10.4 Å². The highest BCUT2D eigenvalue weighted by Gasteiger charge is 2.07. The van der Waals surface area contributed by atoms with Crippen LogP contribution in [0.1, 0.15) is 21.5 Å². The Morgan fingerprint density at radius 3 is 2.47 bits per heavy atom. The fourth-order valence-corrected chi connectivity index (χ4v) is 2.01. The lowest BCUT2D eigenvalue weighted by Gasteiger charge is -2.07. The Balaban J connectivity index is 2.13. The van der Waals surface area contributed by atoms with Gasteiger partial charge in [-0.3, -0.25) is 4.79 Å². The number of aliphatic hydroxyl groups excluding tert-OH is 1. The smallest absolute Gasteiger partial charge is 0.255 e. The minimum atomic E-state index is -0.155. The van der Waals surface area contributed by atoms with Gasteiger partial charge in [-0.05, 0) is 42.3 Å². The zero-order valence-corrected chi connectivity index (χ0v) is 12.1. The molecule has 0 saturated heterocycles. The topological polar surface area (TPSA) is 49.3 Å². The Hall–Kier alpha value is -1.65. The molecule has 0 aromatic heterocycles. The van der Waals surface area contributed by atoms with Crippen molar-refractivity contribution in [3.8, 4) is 0 Å². The van der Waals surface area contributed by atoms with Crippen LogP contribution in [0.3, 0.4) is 0 Å². The third-order valence-corrected chi connectivity index (χ3v) is 3.68. The maximum Gasteiger partial charge on any atom is 0.255 e. The van der Waals surface area contributed by atoms with Crippen molar-refractivity contribution in [2.75, 3.05) is 5.32 Å². The van der Waals surface area contributed by atoms with Crippen molar-refractivity contribution in [3.63, 3.8) is 0 Å². The van der Waals surface area contributed by atoms with Gasteiger partial charge in [-0.15, -0.1) is 0 Å². The molecule has 0 aliphatic heterocycles. The van der Waals surface area contributed by atoms with Crippen LogP contribution in [-0.4, -0.2) is 11.0 Å². The summed E-state index contributed by atoms with van der Waals surface area (Å²) in [6.45, 7) is 1.97. The van der Waals surface area contributed by atoms with Gasteiger partial charge in [-0.25, -0.2) is 0 Å². The molecule has 0 saturated carbocycles. The van der Waals surface area contributed by atoms with Gasteiger partial charge in [0.1, 0.15) is 0 Å². The van der Waals surface area contributed by atoms with Crippen LogP contribution in [0.15, 0.2) is 46.9 Å². The number of carbonyl (C=O) groups excluding carboxylic acids is 1. The molecule has 0 aliphatic carbocycles. The maximum absolute atomic E-state index is 12.1. The molecule has 3 nitrogen and oxygen atoms in total. The number of carbonyl (C=O) groups is 1. The second kappa shape index (κ2) is 5.99. The highest BCUT2D eigenvalue weighted by Crippen LogP contribution is 2.18. The molecule has 0 atom stereocenters. The monoisotopic (exact) mass is 319 g/mol. The predicted octanol–water partition coefficient (Wildman–Crippen LogP) is 3.50. The van der Waals surface area contributed by atoms with Crippen molar-refractivity contribution >= 4 is 27.5 Å². The summed E-state index contributed by atoms with van der Waals surface area (Å²) in [5.41, 5.74) is 3.21. The number of aliphatic hydroxyl groups is 1. The van der Waals surface area contributed by atoms with Gasteiger partial charge in [-0.1, -0.05) is 34.1 Å². The average molecular weight is 320 g/mol. The van der Waals surface area contributed by atoms with Gasteiger partial charge in [-0.2, -0.15) is 0 Å². The van der Waals surface area contributed by atoms with Crippen molar-refractivity contribution in [2.45, 2.75) is 13.5 Å². The van der Waals surface area contributed by atoms with E-state index in [1.807, 2.05) is 13.0 Å². The summed E-state index contributed by atoms with van der Waals surface area (Å²) in [7, 11) is 0. The van der Waals surface area contributed by atoms with Crippen molar-refractivity contribution in [1.82, 2.24) is 0 Å². The second-order valence-electron chi connectivity index (χ2n) is 4.27. The summed E-state index contributed by atoms with van der Waals surface area (Å²) < 4.78 is 0.913. The van der Waals surface area contributed by atoms with Crippen molar-refractivity contribution in [2.24, 2.45) is 0 Å². The lowest BCUT2D eigenvalue weighted by molar-refractivity contribution is 0.102. The van der Waals surface area contributed by atoms with Crippen LogP contribution in [0.5, 0.6) is 0 Å². The van der Waals surface area contributed by atoms with E-state index in [1.165, 1.54) is 0 Å². The Morgan fingerprint density at radius 1 is 1.21 bits per heavy atom. The zero-order valence-electron chi connectivity index (χ0n) is 10.5. The maximum atomic E-state index is 12.1. The van der Waals surface area contributed by atoms with E-state index >= 15 is 0 Å². The van der Waals surface area contributed by atoms with E-state index in [1.54, 1.807) is 36.4 Å². The highest BCUT2D eigenvalue weighted by molar-refractivity contribution is 9.10. The minimum Gasteiger partial charge on any atom is -0.392 e. The van der Waals surface area contributed by atoms with E-state index < -0.39 is 0 Å². The molecule has 0 bridgehead atoms. The molecule has 0 fully saturated rings. The Kier molecular flexibility index (Phi) is 4.35. The van der Waals surface area contributed by atoms with Crippen LogP contribution in [0.25, 0.3) is 0 Å². The Labute approximate surface area is 120 Å². The van der Waals surface area contributed by atoms with Gasteiger partial charge in [0, 0.05) is 15.7 Å². The fraction of sp³-hybridized carbons (Fsp3) is 0.133. The molecule has 0 unspecified atom stereocenters. The number of hydrogen-bond donors (Lipinski definition) is 2. The molecule has 0 heterocycles. The van der Waals surface area contributed by atoms with Gasteiger partial charge >= 0.3 is 0 Å². The van der Waals surface area contributed by atoms with Gasteiger partial charge in [0.2, 0.25) is 0 Å². The predicted molar refractivity (Wildman–Crippen MR) is 79.2 cm³/mol. The van der Waals surface area contributed by atoms with Crippen molar-refractivity contribution in [3.05, 3.63) is 63.6 Å². The second-order valence-corrected chi connectivity index (χ2v) is 5.13. The number of rotatable bonds is 3. The third-order valence-electron chi connectivity index (χ3n) is 2.83. The van der Waals surface area contributed by atoms with Crippen LogP contribution < -0.4 is 5.32 Å². The molecule has 2 aromatic carbocycles. The van der Waals surface area contributed by atoms with E-state index in [0.29, 0.717) is 11.3 Å². The first kappa shape index (κ1) is 13.8. The van der Waals surface area contributed by atoms with Crippen LogP contribution >= 0.6 is 15.9 Å². The first-order chi connectivity index (χ1) is 9.10. The van der Waals surface area contributed by atoms with Crippen LogP contribution in [0, 0.1) is 6.92 Å². The van der Waals surface area contributed by atoms with Gasteiger partial charge in [0.15, 0.2) is 0 Å². The SMILES string of the molecule is Cc1ccc(C(=O)Nc2ccc(CO)cc2)cc1Br. The highest BCUT2D eigenvalue weighted by atomic mass is 79.9. The first-order valence-electron chi connectivity index (χ1n) is 5.87. The number of amides is 1. The molecule has 2 aromatic rings. The molecule has 0 aliphatic rings. The third kappa shape index (κ3) is 3.43. The molecule has 1 amide bonds. The minimum absolute atomic E-state index is 0.000858. The number of aryl methyl sites for hydroxylation is 1. The standard InChI is InChI=1S/C15H14BrNO2/c1-10-2-5-12(8-14(10)16)15(19)17-13-6-3-11(9-18)4-7-13/h2-8,18H,9H2,1H3,(H,17,19). The number of halogens is 1. The molecule has 98 valence electrons. The molecule has 2 rings (SSSR count). The van der Waals surface area contributed by atoms with Crippen LogP contribution in [0.2, 0.25) is 0 Å². The fourth-order valence-electron chi connectivity index (χ4n) is 1.63. The average Bonchev–Trinajstić information content (AvgIpc) is 2.42. The van der Waals surface area contributed by atoms with E-state index in [2.05, 4.69) is 21.2 Å². The normalized spacial score (nSPS) is 10.3. The summed E-state index contributed by atoms with van der Waals surface area (Å²) in [6, 6.07) is 12.6. The molecule has 2 N–H and O–H groups in total. The van der Waals surface area contributed by atoms with Crippen LogP contribution in [0.4, 0.5) is 5.69 Å². The van der Waals surface area contributed by atoms with Crippen molar-refractivity contribution < 1.29 is 9.90 Å². The van der Waals surface area contributed by atoms with E-state index in [-0.39, 0.29) is 12.5 Å². The molecule has 0 spiro atoms. The lowest BCUT2D eigenvalue weighted by Crippen LogP contribution is -2.11. The summed E-state index contributed by atoms with van der Waals surface area (Å²) >= 11 is 3.41.